The zero-order valence-electron chi connectivity index (χ0n) is 12.6. The van der Waals surface area contributed by atoms with E-state index in [-0.39, 0.29) is 17.4 Å². The molecule has 3 heteroatoms. The number of halogens is 2. The molecular formula is C17H25F2N. The van der Waals surface area contributed by atoms with Crippen molar-refractivity contribution in [2.45, 2.75) is 52.5 Å². The molecule has 1 aromatic rings. The molecule has 2 N–H and O–H groups in total. The first-order valence-electron chi connectivity index (χ1n) is 7.47. The zero-order chi connectivity index (χ0) is 14.9. The summed E-state index contributed by atoms with van der Waals surface area (Å²) in [4.78, 5) is 0. The molecule has 2 rings (SSSR count). The first-order chi connectivity index (χ1) is 9.29. The Labute approximate surface area is 120 Å². The molecule has 1 aliphatic rings. The topological polar surface area (TPSA) is 26.0 Å². The number of hydrogen-bond acceptors (Lipinski definition) is 1. The van der Waals surface area contributed by atoms with Gasteiger partial charge in [-0.3, -0.25) is 0 Å². The van der Waals surface area contributed by atoms with E-state index in [4.69, 9.17) is 5.73 Å². The molecule has 0 heterocycles. The van der Waals surface area contributed by atoms with Crippen LogP contribution in [-0.4, -0.2) is 6.04 Å². The van der Waals surface area contributed by atoms with Gasteiger partial charge in [-0.15, -0.1) is 0 Å². The number of rotatable bonds is 2. The standard InChI is InChI=1S/C17H25F2N/c1-17(2,3)13-7-8-15(20)12(10-13)9-11-5-4-6-14(18)16(11)19/h4-6,12-13,15H,7-10,20H2,1-3H3. The summed E-state index contributed by atoms with van der Waals surface area (Å²) in [6.45, 7) is 6.73. The predicted octanol–water partition coefficient (Wildman–Crippen LogP) is 4.30. The molecule has 3 unspecified atom stereocenters. The summed E-state index contributed by atoms with van der Waals surface area (Å²) in [6.07, 6.45) is 3.65. The minimum absolute atomic E-state index is 0.0938. The Morgan fingerprint density at radius 3 is 2.55 bits per heavy atom. The van der Waals surface area contributed by atoms with Crippen molar-refractivity contribution >= 4 is 0 Å². The van der Waals surface area contributed by atoms with E-state index in [0.717, 1.165) is 25.3 Å². The first kappa shape index (κ1) is 15.4. The lowest BCUT2D eigenvalue weighted by Crippen LogP contribution is -2.40. The summed E-state index contributed by atoms with van der Waals surface area (Å²) >= 11 is 0. The van der Waals surface area contributed by atoms with Crippen molar-refractivity contribution < 1.29 is 8.78 Å². The fourth-order valence-corrected chi connectivity index (χ4v) is 3.30. The summed E-state index contributed by atoms with van der Waals surface area (Å²) in [7, 11) is 0. The molecule has 3 atom stereocenters. The molecule has 0 bridgehead atoms. The van der Waals surface area contributed by atoms with Gasteiger partial charge in [0.05, 0.1) is 0 Å². The first-order valence-corrected chi connectivity index (χ1v) is 7.47. The SMILES string of the molecule is CC(C)(C)C1CCC(N)C(Cc2cccc(F)c2F)C1. The van der Waals surface area contributed by atoms with E-state index in [1.807, 2.05) is 0 Å². The molecule has 0 radical (unpaired) electrons. The van der Waals surface area contributed by atoms with Crippen molar-refractivity contribution in [3.63, 3.8) is 0 Å². The normalized spacial score (nSPS) is 27.6. The van der Waals surface area contributed by atoms with Gasteiger partial charge in [-0.1, -0.05) is 32.9 Å². The van der Waals surface area contributed by atoms with Gasteiger partial charge in [0.25, 0.3) is 0 Å². The molecule has 20 heavy (non-hydrogen) atoms. The second-order valence-corrected chi connectivity index (χ2v) is 7.22. The van der Waals surface area contributed by atoms with Gasteiger partial charge in [-0.05, 0) is 54.6 Å². The van der Waals surface area contributed by atoms with Gasteiger partial charge in [-0.2, -0.15) is 0 Å². The summed E-state index contributed by atoms with van der Waals surface area (Å²) in [5, 5.41) is 0. The Kier molecular flexibility index (Phi) is 4.48. The van der Waals surface area contributed by atoms with Crippen molar-refractivity contribution in [1.29, 1.82) is 0 Å². The van der Waals surface area contributed by atoms with Crippen LogP contribution in [0.15, 0.2) is 18.2 Å². The summed E-state index contributed by atoms with van der Waals surface area (Å²) in [5.74, 6) is -0.634. The van der Waals surface area contributed by atoms with Crippen molar-refractivity contribution in [1.82, 2.24) is 0 Å². The van der Waals surface area contributed by atoms with Crippen molar-refractivity contribution in [2.75, 3.05) is 0 Å². The molecule has 0 aromatic heterocycles. The minimum Gasteiger partial charge on any atom is -0.327 e. The third-order valence-electron chi connectivity index (χ3n) is 4.78. The number of benzene rings is 1. The molecule has 0 saturated heterocycles. The van der Waals surface area contributed by atoms with Gasteiger partial charge in [-0.25, -0.2) is 8.78 Å². The molecule has 1 aliphatic carbocycles. The van der Waals surface area contributed by atoms with Gasteiger partial charge in [0.15, 0.2) is 11.6 Å². The molecule has 0 amide bonds. The Morgan fingerprint density at radius 2 is 1.90 bits per heavy atom. The Bertz CT molecular complexity index is 465. The van der Waals surface area contributed by atoms with Crippen LogP contribution in [0.1, 0.15) is 45.6 Å². The molecule has 0 aliphatic heterocycles. The summed E-state index contributed by atoms with van der Waals surface area (Å²) in [6, 6.07) is 4.50. The maximum absolute atomic E-state index is 13.8. The van der Waals surface area contributed by atoms with Crippen LogP contribution in [0, 0.1) is 28.9 Å². The lowest BCUT2D eigenvalue weighted by Gasteiger charge is -2.40. The summed E-state index contributed by atoms with van der Waals surface area (Å²) < 4.78 is 27.1. The molecular weight excluding hydrogens is 256 g/mol. The average Bonchev–Trinajstić information content (AvgIpc) is 2.36. The average molecular weight is 281 g/mol. The fourth-order valence-electron chi connectivity index (χ4n) is 3.30. The van der Waals surface area contributed by atoms with Gasteiger partial charge in [0.2, 0.25) is 0 Å². The zero-order valence-corrected chi connectivity index (χ0v) is 12.6. The van der Waals surface area contributed by atoms with Crippen LogP contribution in [-0.2, 0) is 6.42 Å². The molecule has 112 valence electrons. The largest absolute Gasteiger partial charge is 0.327 e. The van der Waals surface area contributed by atoms with Crippen molar-refractivity contribution in [3.8, 4) is 0 Å². The highest BCUT2D eigenvalue weighted by Crippen LogP contribution is 2.41. The highest BCUT2D eigenvalue weighted by atomic mass is 19.2. The monoisotopic (exact) mass is 281 g/mol. The third kappa shape index (κ3) is 3.38. The molecule has 1 fully saturated rings. The molecule has 1 nitrogen and oxygen atoms in total. The second kappa shape index (κ2) is 5.80. The number of nitrogens with two attached hydrogens (primary N) is 1. The van der Waals surface area contributed by atoms with E-state index in [0.29, 0.717) is 17.9 Å². The summed E-state index contributed by atoms with van der Waals surface area (Å²) in [5.41, 5.74) is 6.91. The molecule has 1 aromatic carbocycles. The Hall–Kier alpha value is -0.960. The minimum atomic E-state index is -0.765. The lowest BCUT2D eigenvalue weighted by atomic mass is 9.66. The van der Waals surface area contributed by atoms with Crippen LogP contribution in [0.2, 0.25) is 0 Å². The van der Waals surface area contributed by atoms with Gasteiger partial charge >= 0.3 is 0 Å². The quantitative estimate of drug-likeness (QED) is 0.859. The second-order valence-electron chi connectivity index (χ2n) is 7.22. The van der Waals surface area contributed by atoms with Crippen LogP contribution < -0.4 is 5.73 Å². The lowest BCUT2D eigenvalue weighted by molar-refractivity contribution is 0.126. The maximum atomic E-state index is 13.8. The third-order valence-corrected chi connectivity index (χ3v) is 4.78. The highest BCUT2D eigenvalue weighted by molar-refractivity contribution is 5.20. The maximum Gasteiger partial charge on any atom is 0.162 e. The van der Waals surface area contributed by atoms with E-state index in [1.54, 1.807) is 12.1 Å². The van der Waals surface area contributed by atoms with Crippen LogP contribution in [0.4, 0.5) is 8.78 Å². The van der Waals surface area contributed by atoms with Crippen LogP contribution in [0.25, 0.3) is 0 Å². The Balaban J connectivity index is 2.12. The van der Waals surface area contributed by atoms with Gasteiger partial charge in [0.1, 0.15) is 0 Å². The van der Waals surface area contributed by atoms with E-state index in [1.165, 1.54) is 0 Å². The van der Waals surface area contributed by atoms with E-state index in [9.17, 15) is 8.78 Å². The van der Waals surface area contributed by atoms with Crippen LogP contribution in [0.3, 0.4) is 0 Å². The predicted molar refractivity (Wildman–Crippen MR) is 78.3 cm³/mol. The van der Waals surface area contributed by atoms with Crippen LogP contribution in [0.5, 0.6) is 0 Å². The van der Waals surface area contributed by atoms with Gasteiger partial charge in [0, 0.05) is 6.04 Å². The Morgan fingerprint density at radius 1 is 1.20 bits per heavy atom. The smallest absolute Gasteiger partial charge is 0.162 e. The van der Waals surface area contributed by atoms with E-state index >= 15 is 0 Å². The molecule has 1 saturated carbocycles. The highest BCUT2D eigenvalue weighted by Gasteiger charge is 2.34. The van der Waals surface area contributed by atoms with Gasteiger partial charge < -0.3 is 5.73 Å². The van der Waals surface area contributed by atoms with Crippen molar-refractivity contribution in [3.05, 3.63) is 35.4 Å². The van der Waals surface area contributed by atoms with E-state index < -0.39 is 11.6 Å². The van der Waals surface area contributed by atoms with Crippen LogP contribution >= 0.6 is 0 Å². The van der Waals surface area contributed by atoms with Crippen molar-refractivity contribution in [2.24, 2.45) is 23.0 Å². The fraction of sp³-hybridized carbons (Fsp3) is 0.647. The van der Waals surface area contributed by atoms with E-state index in [2.05, 4.69) is 20.8 Å². The molecule has 0 spiro atoms. The number of hydrogen-bond donors (Lipinski definition) is 1.